The van der Waals surface area contributed by atoms with Gasteiger partial charge in [0.15, 0.2) is 0 Å². The van der Waals surface area contributed by atoms with Gasteiger partial charge >= 0.3 is 0 Å². The molecule has 102 valence electrons. The molecule has 1 atom stereocenters. The Kier molecular flexibility index (Phi) is 7.87. The van der Waals surface area contributed by atoms with Crippen LogP contribution in [0.2, 0.25) is 0 Å². The van der Waals surface area contributed by atoms with Gasteiger partial charge in [0.25, 0.3) is 0 Å². The molecule has 0 aromatic rings. The topological polar surface area (TPSA) is 21.3 Å². The largest absolute Gasteiger partial charge is 0.382 e. The lowest BCUT2D eigenvalue weighted by atomic mass is 9.87. The number of nitrogens with one attached hydrogen (secondary N) is 1. The van der Waals surface area contributed by atoms with Crippen molar-refractivity contribution in [2.45, 2.75) is 65.3 Å². The second-order valence-electron chi connectivity index (χ2n) is 5.71. The highest BCUT2D eigenvalue weighted by molar-refractivity contribution is 4.77. The molecule has 1 N–H and O–H groups in total. The van der Waals surface area contributed by atoms with E-state index in [1.807, 2.05) is 0 Å². The smallest absolute Gasteiger partial charge is 0.0466 e. The van der Waals surface area contributed by atoms with Gasteiger partial charge in [-0.3, -0.25) is 0 Å². The highest BCUT2D eigenvalue weighted by atomic mass is 16.5. The van der Waals surface area contributed by atoms with Gasteiger partial charge in [0, 0.05) is 19.3 Å². The molecule has 0 saturated heterocycles. The van der Waals surface area contributed by atoms with Crippen molar-refractivity contribution < 1.29 is 4.74 Å². The minimum absolute atomic E-state index is 0.616. The average Bonchev–Trinajstić information content (AvgIpc) is 2.81. The number of hydrogen-bond acceptors (Lipinski definition) is 2. The monoisotopic (exact) mass is 241 g/mol. The van der Waals surface area contributed by atoms with Gasteiger partial charge in [-0.1, -0.05) is 39.5 Å². The summed E-state index contributed by atoms with van der Waals surface area (Å²) in [5.41, 5.74) is 0. The van der Waals surface area contributed by atoms with Gasteiger partial charge in [-0.25, -0.2) is 0 Å². The fourth-order valence-electron chi connectivity index (χ4n) is 2.91. The Bertz CT molecular complexity index is 176. The van der Waals surface area contributed by atoms with Crippen LogP contribution in [0, 0.1) is 11.8 Å². The molecule has 0 aliphatic heterocycles. The van der Waals surface area contributed by atoms with Crippen molar-refractivity contribution in [3.05, 3.63) is 0 Å². The van der Waals surface area contributed by atoms with Crippen LogP contribution < -0.4 is 5.32 Å². The summed E-state index contributed by atoms with van der Waals surface area (Å²) in [5, 5.41) is 3.62. The molecule has 2 nitrogen and oxygen atoms in total. The quantitative estimate of drug-likeness (QED) is 0.623. The van der Waals surface area contributed by atoms with Crippen molar-refractivity contribution in [3.63, 3.8) is 0 Å². The van der Waals surface area contributed by atoms with Gasteiger partial charge < -0.3 is 10.1 Å². The third-order valence-corrected chi connectivity index (χ3v) is 3.92. The van der Waals surface area contributed by atoms with Gasteiger partial charge in [0.05, 0.1) is 0 Å². The number of hydrogen-bond donors (Lipinski definition) is 1. The SMILES string of the molecule is CCOCCCC(CNC(C)C)C1CCCC1. The highest BCUT2D eigenvalue weighted by Gasteiger charge is 2.24. The Hall–Kier alpha value is -0.0800. The Labute approximate surface area is 108 Å². The van der Waals surface area contributed by atoms with Crippen LogP contribution >= 0.6 is 0 Å². The van der Waals surface area contributed by atoms with E-state index in [1.54, 1.807) is 0 Å². The maximum absolute atomic E-state index is 5.45. The van der Waals surface area contributed by atoms with Gasteiger partial charge in [0.1, 0.15) is 0 Å². The molecule has 0 heterocycles. The van der Waals surface area contributed by atoms with Crippen LogP contribution in [0.15, 0.2) is 0 Å². The summed E-state index contributed by atoms with van der Waals surface area (Å²) in [5.74, 6) is 1.85. The molecule has 17 heavy (non-hydrogen) atoms. The van der Waals surface area contributed by atoms with Crippen molar-refractivity contribution >= 4 is 0 Å². The lowest BCUT2D eigenvalue weighted by Gasteiger charge is -2.25. The van der Waals surface area contributed by atoms with E-state index in [0.717, 1.165) is 25.0 Å². The first-order valence-electron chi connectivity index (χ1n) is 7.55. The standard InChI is InChI=1S/C15H31NO/c1-4-17-11-7-10-15(12-16-13(2)3)14-8-5-6-9-14/h13-16H,4-12H2,1-3H3. The van der Waals surface area contributed by atoms with E-state index >= 15 is 0 Å². The zero-order valence-electron chi connectivity index (χ0n) is 12.0. The molecule has 1 unspecified atom stereocenters. The molecule has 1 rings (SSSR count). The van der Waals surface area contributed by atoms with Crippen molar-refractivity contribution in [3.8, 4) is 0 Å². The van der Waals surface area contributed by atoms with Gasteiger partial charge in [-0.15, -0.1) is 0 Å². The molecular formula is C15H31NO. The first-order chi connectivity index (χ1) is 8.24. The van der Waals surface area contributed by atoms with Crippen molar-refractivity contribution in [2.75, 3.05) is 19.8 Å². The fourth-order valence-corrected chi connectivity index (χ4v) is 2.91. The average molecular weight is 241 g/mol. The molecule has 0 bridgehead atoms. The Morgan fingerprint density at radius 1 is 1.24 bits per heavy atom. The highest BCUT2D eigenvalue weighted by Crippen LogP contribution is 2.33. The predicted molar refractivity (Wildman–Crippen MR) is 74.3 cm³/mol. The van der Waals surface area contributed by atoms with Gasteiger partial charge in [-0.2, -0.15) is 0 Å². The van der Waals surface area contributed by atoms with Crippen molar-refractivity contribution in [1.82, 2.24) is 5.32 Å². The molecule has 2 heteroatoms. The van der Waals surface area contributed by atoms with Crippen LogP contribution in [0.1, 0.15) is 59.3 Å². The normalized spacial score (nSPS) is 19.1. The third-order valence-electron chi connectivity index (χ3n) is 3.92. The maximum Gasteiger partial charge on any atom is 0.0466 e. The predicted octanol–water partition coefficient (Wildman–Crippen LogP) is 3.61. The molecule has 0 radical (unpaired) electrons. The van der Waals surface area contributed by atoms with Crippen LogP contribution in [0.4, 0.5) is 0 Å². The minimum Gasteiger partial charge on any atom is -0.382 e. The maximum atomic E-state index is 5.45. The first-order valence-corrected chi connectivity index (χ1v) is 7.55. The molecule has 0 aromatic carbocycles. The summed E-state index contributed by atoms with van der Waals surface area (Å²) < 4.78 is 5.45. The molecule has 0 spiro atoms. The summed E-state index contributed by atoms with van der Waals surface area (Å²) in [6.07, 6.45) is 8.39. The molecule has 1 fully saturated rings. The second-order valence-corrected chi connectivity index (χ2v) is 5.71. The van der Waals surface area contributed by atoms with Crippen molar-refractivity contribution in [2.24, 2.45) is 11.8 Å². The Morgan fingerprint density at radius 2 is 1.94 bits per heavy atom. The second kappa shape index (κ2) is 8.93. The summed E-state index contributed by atoms with van der Waals surface area (Å²) >= 11 is 0. The van der Waals surface area contributed by atoms with E-state index < -0.39 is 0 Å². The summed E-state index contributed by atoms with van der Waals surface area (Å²) in [7, 11) is 0. The summed E-state index contributed by atoms with van der Waals surface area (Å²) in [6, 6.07) is 0.616. The van der Waals surface area contributed by atoms with Gasteiger partial charge in [-0.05, 0) is 38.1 Å². The van der Waals surface area contributed by atoms with Crippen LogP contribution in [-0.2, 0) is 4.74 Å². The fraction of sp³-hybridized carbons (Fsp3) is 1.00. The molecule has 1 aliphatic carbocycles. The number of ether oxygens (including phenoxy) is 1. The third kappa shape index (κ3) is 6.42. The molecule has 1 aliphatic rings. The minimum atomic E-state index is 0.616. The summed E-state index contributed by atoms with van der Waals surface area (Å²) in [4.78, 5) is 0. The van der Waals surface area contributed by atoms with Crippen molar-refractivity contribution in [1.29, 1.82) is 0 Å². The first kappa shape index (κ1) is 15.0. The van der Waals surface area contributed by atoms with Crippen LogP contribution in [0.25, 0.3) is 0 Å². The van der Waals surface area contributed by atoms with E-state index in [9.17, 15) is 0 Å². The van der Waals surface area contributed by atoms with E-state index in [-0.39, 0.29) is 0 Å². The zero-order chi connectivity index (χ0) is 12.5. The van der Waals surface area contributed by atoms with E-state index in [4.69, 9.17) is 4.74 Å². The van der Waals surface area contributed by atoms with Crippen LogP contribution in [-0.4, -0.2) is 25.8 Å². The Morgan fingerprint density at radius 3 is 2.53 bits per heavy atom. The summed E-state index contributed by atoms with van der Waals surface area (Å²) in [6.45, 7) is 9.57. The number of rotatable bonds is 9. The van der Waals surface area contributed by atoms with Crippen LogP contribution in [0.5, 0.6) is 0 Å². The Balaban J connectivity index is 2.24. The van der Waals surface area contributed by atoms with E-state index in [2.05, 4.69) is 26.1 Å². The lowest BCUT2D eigenvalue weighted by molar-refractivity contribution is 0.134. The zero-order valence-corrected chi connectivity index (χ0v) is 12.0. The van der Waals surface area contributed by atoms with Gasteiger partial charge in [0.2, 0.25) is 0 Å². The lowest BCUT2D eigenvalue weighted by Crippen LogP contribution is -2.32. The van der Waals surface area contributed by atoms with E-state index in [1.165, 1.54) is 45.1 Å². The molecule has 1 saturated carbocycles. The molecule has 0 amide bonds. The molecule has 0 aromatic heterocycles. The molecular weight excluding hydrogens is 210 g/mol. The van der Waals surface area contributed by atoms with E-state index in [0.29, 0.717) is 6.04 Å². The van der Waals surface area contributed by atoms with Crippen LogP contribution in [0.3, 0.4) is 0 Å².